The van der Waals surface area contributed by atoms with E-state index in [0.717, 1.165) is 30.8 Å². The van der Waals surface area contributed by atoms with Gasteiger partial charge in [0.05, 0.1) is 7.11 Å². The number of carbonyl (C=O) groups is 1. The Morgan fingerprint density at radius 3 is 2.62 bits per heavy atom. The minimum absolute atomic E-state index is 0.122. The number of nitrogens with one attached hydrogen (secondary N) is 1. The maximum atomic E-state index is 12.8. The second-order valence-electron chi connectivity index (χ2n) is 6.28. The van der Waals surface area contributed by atoms with Crippen molar-refractivity contribution in [2.45, 2.75) is 39.3 Å². The van der Waals surface area contributed by atoms with E-state index in [1.807, 2.05) is 29.2 Å². The smallest absolute Gasteiger partial charge is 0.254 e. The highest BCUT2D eigenvalue weighted by Gasteiger charge is 2.30. The predicted molar refractivity (Wildman–Crippen MR) is 84.7 cm³/mol. The number of ether oxygens (including phenoxy) is 1. The van der Waals surface area contributed by atoms with Crippen LogP contribution in [0, 0.1) is 5.92 Å². The molecule has 0 saturated carbocycles. The minimum atomic E-state index is 0.122. The van der Waals surface area contributed by atoms with Crippen LogP contribution < -0.4 is 10.1 Å². The van der Waals surface area contributed by atoms with Crippen molar-refractivity contribution in [3.8, 4) is 5.75 Å². The lowest BCUT2D eigenvalue weighted by Crippen LogP contribution is -2.57. The molecule has 116 valence electrons. The van der Waals surface area contributed by atoms with Crippen LogP contribution in [-0.4, -0.2) is 43.1 Å². The number of piperazine rings is 1. The Balaban J connectivity index is 2.15. The van der Waals surface area contributed by atoms with E-state index in [9.17, 15) is 4.79 Å². The lowest BCUT2D eigenvalue weighted by atomic mass is 9.98. The molecular formula is C17H26N2O2. The third kappa shape index (κ3) is 3.97. The molecule has 2 rings (SSSR count). The molecule has 1 aromatic carbocycles. The van der Waals surface area contributed by atoms with Crippen LogP contribution in [0.5, 0.6) is 5.75 Å². The van der Waals surface area contributed by atoms with Crippen molar-refractivity contribution in [2.75, 3.05) is 20.2 Å². The van der Waals surface area contributed by atoms with Crippen LogP contribution in [0.3, 0.4) is 0 Å². The molecule has 1 aromatic rings. The van der Waals surface area contributed by atoms with E-state index in [1.54, 1.807) is 7.11 Å². The summed E-state index contributed by atoms with van der Waals surface area (Å²) in [5, 5.41) is 3.48. The number of amides is 1. The van der Waals surface area contributed by atoms with E-state index in [4.69, 9.17) is 4.74 Å². The molecule has 0 aliphatic carbocycles. The summed E-state index contributed by atoms with van der Waals surface area (Å²) in [4.78, 5) is 14.8. The van der Waals surface area contributed by atoms with E-state index < -0.39 is 0 Å². The van der Waals surface area contributed by atoms with Crippen molar-refractivity contribution < 1.29 is 9.53 Å². The maximum Gasteiger partial charge on any atom is 0.254 e. The zero-order valence-electron chi connectivity index (χ0n) is 13.4. The number of hydrogen-bond donors (Lipinski definition) is 1. The molecule has 0 radical (unpaired) electrons. The van der Waals surface area contributed by atoms with Crippen LogP contribution in [-0.2, 0) is 0 Å². The molecule has 1 amide bonds. The molecule has 1 heterocycles. The standard InChI is InChI=1S/C17H26N2O2/c1-12(2)9-15-10-18-13(3)11-19(15)17(20)14-5-7-16(21-4)8-6-14/h5-8,12-13,15,18H,9-11H2,1-4H3. The van der Waals surface area contributed by atoms with E-state index in [2.05, 4.69) is 26.1 Å². The van der Waals surface area contributed by atoms with Gasteiger partial charge in [-0.15, -0.1) is 0 Å². The van der Waals surface area contributed by atoms with Crippen LogP contribution in [0.25, 0.3) is 0 Å². The number of methoxy groups -OCH3 is 1. The molecule has 0 bridgehead atoms. The maximum absolute atomic E-state index is 12.8. The van der Waals surface area contributed by atoms with Crippen molar-refractivity contribution in [3.05, 3.63) is 29.8 Å². The van der Waals surface area contributed by atoms with Gasteiger partial charge in [0.15, 0.2) is 0 Å². The largest absolute Gasteiger partial charge is 0.497 e. The van der Waals surface area contributed by atoms with Crippen molar-refractivity contribution in [1.29, 1.82) is 0 Å². The highest BCUT2D eigenvalue weighted by molar-refractivity contribution is 5.94. The first-order valence-electron chi connectivity index (χ1n) is 7.69. The van der Waals surface area contributed by atoms with Gasteiger partial charge in [0, 0.05) is 30.7 Å². The number of rotatable bonds is 4. The SMILES string of the molecule is COc1ccc(C(=O)N2CC(C)NCC2CC(C)C)cc1. The fourth-order valence-electron chi connectivity index (χ4n) is 2.86. The van der Waals surface area contributed by atoms with Gasteiger partial charge in [-0.25, -0.2) is 0 Å². The molecule has 1 N–H and O–H groups in total. The molecule has 1 fully saturated rings. The summed E-state index contributed by atoms with van der Waals surface area (Å²) in [6.07, 6.45) is 1.03. The monoisotopic (exact) mass is 290 g/mol. The Morgan fingerprint density at radius 1 is 1.38 bits per heavy atom. The Morgan fingerprint density at radius 2 is 2.05 bits per heavy atom. The van der Waals surface area contributed by atoms with Crippen molar-refractivity contribution >= 4 is 5.91 Å². The summed E-state index contributed by atoms with van der Waals surface area (Å²) >= 11 is 0. The van der Waals surface area contributed by atoms with Gasteiger partial charge >= 0.3 is 0 Å². The Labute approximate surface area is 127 Å². The average Bonchev–Trinajstić information content (AvgIpc) is 2.48. The molecule has 0 spiro atoms. The molecule has 4 nitrogen and oxygen atoms in total. The molecule has 1 saturated heterocycles. The van der Waals surface area contributed by atoms with Gasteiger partial charge in [0.25, 0.3) is 5.91 Å². The number of carbonyl (C=O) groups excluding carboxylic acids is 1. The van der Waals surface area contributed by atoms with Gasteiger partial charge in [-0.3, -0.25) is 4.79 Å². The van der Waals surface area contributed by atoms with Gasteiger partial charge in [0.2, 0.25) is 0 Å². The lowest BCUT2D eigenvalue weighted by molar-refractivity contribution is 0.0563. The molecule has 1 aliphatic rings. The quantitative estimate of drug-likeness (QED) is 0.926. The van der Waals surface area contributed by atoms with Crippen LogP contribution >= 0.6 is 0 Å². The van der Waals surface area contributed by atoms with E-state index in [1.165, 1.54) is 0 Å². The van der Waals surface area contributed by atoms with E-state index >= 15 is 0 Å². The first kappa shape index (κ1) is 15.8. The molecule has 0 aromatic heterocycles. The highest BCUT2D eigenvalue weighted by Crippen LogP contribution is 2.20. The fraction of sp³-hybridized carbons (Fsp3) is 0.588. The highest BCUT2D eigenvalue weighted by atomic mass is 16.5. The summed E-state index contributed by atoms with van der Waals surface area (Å²) < 4.78 is 5.15. The summed E-state index contributed by atoms with van der Waals surface area (Å²) in [6, 6.07) is 8.00. The molecule has 2 unspecified atom stereocenters. The summed E-state index contributed by atoms with van der Waals surface area (Å²) in [7, 11) is 1.63. The predicted octanol–water partition coefficient (Wildman–Crippen LogP) is 2.54. The lowest BCUT2D eigenvalue weighted by Gasteiger charge is -2.40. The second kappa shape index (κ2) is 6.94. The summed E-state index contributed by atoms with van der Waals surface area (Å²) in [5.74, 6) is 1.48. The number of benzene rings is 1. The first-order chi connectivity index (χ1) is 10.0. The molecule has 1 aliphatic heterocycles. The van der Waals surface area contributed by atoms with Gasteiger partial charge < -0.3 is 15.0 Å². The molecule has 4 heteroatoms. The first-order valence-corrected chi connectivity index (χ1v) is 7.69. The third-order valence-corrected chi connectivity index (χ3v) is 3.95. The summed E-state index contributed by atoms with van der Waals surface area (Å²) in [5.41, 5.74) is 0.735. The summed E-state index contributed by atoms with van der Waals surface area (Å²) in [6.45, 7) is 8.17. The Kier molecular flexibility index (Phi) is 5.23. The van der Waals surface area contributed by atoms with Crippen molar-refractivity contribution in [3.63, 3.8) is 0 Å². The fourth-order valence-corrected chi connectivity index (χ4v) is 2.86. The van der Waals surface area contributed by atoms with E-state index in [0.29, 0.717) is 12.0 Å². The van der Waals surface area contributed by atoms with Crippen LogP contribution in [0.15, 0.2) is 24.3 Å². The van der Waals surface area contributed by atoms with Crippen molar-refractivity contribution in [2.24, 2.45) is 5.92 Å². The van der Waals surface area contributed by atoms with Gasteiger partial charge in [-0.2, -0.15) is 0 Å². The zero-order valence-corrected chi connectivity index (χ0v) is 13.4. The third-order valence-electron chi connectivity index (χ3n) is 3.95. The number of nitrogens with zero attached hydrogens (tertiary/aromatic N) is 1. The Bertz CT molecular complexity index is 470. The molecular weight excluding hydrogens is 264 g/mol. The molecule has 21 heavy (non-hydrogen) atoms. The Hall–Kier alpha value is -1.55. The van der Waals surface area contributed by atoms with Crippen LogP contribution in [0.4, 0.5) is 0 Å². The van der Waals surface area contributed by atoms with Crippen LogP contribution in [0.2, 0.25) is 0 Å². The van der Waals surface area contributed by atoms with Gasteiger partial charge in [-0.1, -0.05) is 13.8 Å². The minimum Gasteiger partial charge on any atom is -0.497 e. The molecule has 2 atom stereocenters. The average molecular weight is 290 g/mol. The van der Waals surface area contributed by atoms with Crippen LogP contribution in [0.1, 0.15) is 37.6 Å². The topological polar surface area (TPSA) is 41.6 Å². The van der Waals surface area contributed by atoms with Crippen molar-refractivity contribution in [1.82, 2.24) is 10.2 Å². The normalized spacial score (nSPS) is 22.4. The number of hydrogen-bond acceptors (Lipinski definition) is 3. The second-order valence-corrected chi connectivity index (χ2v) is 6.28. The van der Waals surface area contributed by atoms with Gasteiger partial charge in [0.1, 0.15) is 5.75 Å². The zero-order chi connectivity index (χ0) is 15.4. The van der Waals surface area contributed by atoms with E-state index in [-0.39, 0.29) is 11.9 Å². The van der Waals surface area contributed by atoms with Gasteiger partial charge in [-0.05, 0) is 43.5 Å².